The molecule has 0 amide bonds. The van der Waals surface area contributed by atoms with E-state index in [1.807, 2.05) is 12.1 Å². The highest BCUT2D eigenvalue weighted by Gasteiger charge is 2.20. The van der Waals surface area contributed by atoms with E-state index in [9.17, 15) is 0 Å². The quantitative estimate of drug-likeness (QED) is 0.590. The summed E-state index contributed by atoms with van der Waals surface area (Å²) in [6.45, 7) is 3.92. The molecular formula is C20H23N. The molecule has 21 heavy (non-hydrogen) atoms. The molecule has 108 valence electrons. The maximum atomic E-state index is 5.74. The molecule has 0 saturated heterocycles. The zero-order valence-electron chi connectivity index (χ0n) is 12.5. The Labute approximate surface area is 127 Å². The van der Waals surface area contributed by atoms with E-state index in [0.717, 1.165) is 17.5 Å². The number of anilines is 1. The summed E-state index contributed by atoms with van der Waals surface area (Å²) in [4.78, 5) is 0. The molecule has 2 N–H and O–H groups in total. The van der Waals surface area contributed by atoms with Crippen molar-refractivity contribution in [2.45, 2.75) is 31.6 Å². The predicted octanol–water partition coefficient (Wildman–Crippen LogP) is 5.40. The lowest BCUT2D eigenvalue weighted by Gasteiger charge is -2.27. The highest BCUT2D eigenvalue weighted by Crippen LogP contribution is 2.36. The summed E-state index contributed by atoms with van der Waals surface area (Å²) in [5.41, 5.74) is 10.5. The van der Waals surface area contributed by atoms with Gasteiger partial charge in [0.15, 0.2) is 0 Å². The lowest BCUT2D eigenvalue weighted by molar-refractivity contribution is 0.376. The third-order valence-corrected chi connectivity index (χ3v) is 4.73. The average molecular weight is 277 g/mol. The topological polar surface area (TPSA) is 26.0 Å². The molecule has 3 rings (SSSR count). The summed E-state index contributed by atoms with van der Waals surface area (Å²) in [7, 11) is 0. The van der Waals surface area contributed by atoms with E-state index in [0.29, 0.717) is 0 Å². The summed E-state index contributed by atoms with van der Waals surface area (Å²) in [6.07, 6.45) is 7.28. The fourth-order valence-corrected chi connectivity index (χ4v) is 3.31. The van der Waals surface area contributed by atoms with Gasteiger partial charge in [0, 0.05) is 5.69 Å². The minimum atomic E-state index is 0.724. The molecule has 1 saturated carbocycles. The van der Waals surface area contributed by atoms with Gasteiger partial charge in [-0.2, -0.15) is 0 Å². The molecule has 1 nitrogen and oxygen atoms in total. The third-order valence-electron chi connectivity index (χ3n) is 4.73. The second-order valence-electron chi connectivity index (χ2n) is 6.09. The molecule has 2 aromatic carbocycles. The Morgan fingerprint density at radius 3 is 1.86 bits per heavy atom. The largest absolute Gasteiger partial charge is 0.399 e. The molecule has 1 aliphatic carbocycles. The second kappa shape index (κ2) is 6.17. The third kappa shape index (κ3) is 3.18. The van der Waals surface area contributed by atoms with Crippen LogP contribution in [0.25, 0.3) is 11.1 Å². The Morgan fingerprint density at radius 1 is 0.810 bits per heavy atom. The fraction of sp³-hybridized carbons (Fsp3) is 0.300. The summed E-state index contributed by atoms with van der Waals surface area (Å²) in [6, 6.07) is 17.1. The number of hydrogen-bond donors (Lipinski definition) is 1. The smallest absolute Gasteiger partial charge is 0.0314 e. The van der Waals surface area contributed by atoms with E-state index in [1.165, 1.54) is 42.4 Å². The van der Waals surface area contributed by atoms with Crippen LogP contribution in [0.4, 0.5) is 5.69 Å². The summed E-state index contributed by atoms with van der Waals surface area (Å²) in [5.74, 6) is 1.46. The Balaban J connectivity index is 1.72. The van der Waals surface area contributed by atoms with E-state index in [1.54, 1.807) is 0 Å². The number of benzene rings is 2. The van der Waals surface area contributed by atoms with E-state index in [2.05, 4.69) is 49.1 Å². The van der Waals surface area contributed by atoms with Crippen LogP contribution in [-0.4, -0.2) is 0 Å². The molecule has 0 aromatic heterocycles. The summed E-state index contributed by atoms with van der Waals surface area (Å²) in [5, 5.41) is 0. The molecule has 1 heteroatoms. The van der Waals surface area contributed by atoms with Gasteiger partial charge in [-0.3, -0.25) is 0 Å². The number of hydrogen-bond acceptors (Lipinski definition) is 1. The van der Waals surface area contributed by atoms with E-state index < -0.39 is 0 Å². The van der Waals surface area contributed by atoms with Crippen LogP contribution < -0.4 is 5.73 Å². The van der Waals surface area contributed by atoms with Gasteiger partial charge in [0.05, 0.1) is 0 Å². The number of rotatable bonds is 3. The Hall–Kier alpha value is -2.02. The van der Waals surface area contributed by atoms with Crippen LogP contribution in [0.3, 0.4) is 0 Å². The maximum absolute atomic E-state index is 5.74. The van der Waals surface area contributed by atoms with Gasteiger partial charge in [-0.25, -0.2) is 0 Å². The highest BCUT2D eigenvalue weighted by molar-refractivity contribution is 5.65. The van der Waals surface area contributed by atoms with Crippen molar-refractivity contribution in [1.82, 2.24) is 0 Å². The van der Waals surface area contributed by atoms with Gasteiger partial charge in [0.25, 0.3) is 0 Å². The van der Waals surface area contributed by atoms with Crippen LogP contribution in [0, 0.1) is 5.92 Å². The van der Waals surface area contributed by atoms with Crippen LogP contribution in [0.5, 0.6) is 0 Å². The normalized spacial score (nSPS) is 21.9. The first-order valence-corrected chi connectivity index (χ1v) is 7.84. The van der Waals surface area contributed by atoms with Crippen LogP contribution in [0.2, 0.25) is 0 Å². The molecule has 0 radical (unpaired) electrons. The van der Waals surface area contributed by atoms with Gasteiger partial charge in [-0.05, 0) is 66.3 Å². The van der Waals surface area contributed by atoms with Gasteiger partial charge in [0.1, 0.15) is 0 Å². The van der Waals surface area contributed by atoms with Crippen LogP contribution in [0.15, 0.2) is 61.2 Å². The first-order chi connectivity index (χ1) is 10.3. The van der Waals surface area contributed by atoms with Crippen molar-refractivity contribution in [1.29, 1.82) is 0 Å². The van der Waals surface area contributed by atoms with Gasteiger partial charge in [0.2, 0.25) is 0 Å². The molecule has 0 heterocycles. The van der Waals surface area contributed by atoms with Crippen LogP contribution in [0.1, 0.15) is 37.2 Å². The average Bonchev–Trinajstić information content (AvgIpc) is 2.56. The maximum Gasteiger partial charge on any atom is 0.0314 e. The van der Waals surface area contributed by atoms with Crippen molar-refractivity contribution in [3.05, 3.63) is 66.7 Å². The van der Waals surface area contributed by atoms with E-state index in [4.69, 9.17) is 5.73 Å². The molecule has 0 unspecified atom stereocenters. The van der Waals surface area contributed by atoms with Crippen molar-refractivity contribution >= 4 is 5.69 Å². The predicted molar refractivity (Wildman–Crippen MR) is 91.2 cm³/mol. The minimum Gasteiger partial charge on any atom is -0.399 e. The molecule has 0 spiro atoms. The first-order valence-electron chi connectivity index (χ1n) is 7.84. The zero-order valence-corrected chi connectivity index (χ0v) is 12.5. The van der Waals surface area contributed by atoms with Crippen LogP contribution in [-0.2, 0) is 0 Å². The lowest BCUT2D eigenvalue weighted by atomic mass is 9.78. The van der Waals surface area contributed by atoms with Gasteiger partial charge in [-0.15, -0.1) is 6.58 Å². The SMILES string of the molecule is C=CC1CCC(c2ccc(-c3ccc(N)cc3)cc2)CC1. The molecule has 2 aromatic rings. The molecule has 1 fully saturated rings. The van der Waals surface area contributed by atoms with E-state index in [-0.39, 0.29) is 0 Å². The summed E-state index contributed by atoms with van der Waals surface area (Å²) >= 11 is 0. The number of allylic oxidation sites excluding steroid dienone is 1. The van der Waals surface area contributed by atoms with Gasteiger partial charge in [-0.1, -0.05) is 42.5 Å². The number of nitrogen functional groups attached to an aromatic ring is 1. The standard InChI is InChI=1S/C20H23N/c1-2-15-3-5-16(6-4-15)17-7-9-18(10-8-17)19-11-13-20(21)14-12-19/h2,7-16H,1,3-6,21H2. The van der Waals surface area contributed by atoms with Crippen molar-refractivity contribution in [2.24, 2.45) is 5.92 Å². The van der Waals surface area contributed by atoms with E-state index >= 15 is 0 Å². The van der Waals surface area contributed by atoms with Crippen LogP contribution >= 0.6 is 0 Å². The Kier molecular flexibility index (Phi) is 4.10. The molecular weight excluding hydrogens is 254 g/mol. The summed E-state index contributed by atoms with van der Waals surface area (Å²) < 4.78 is 0. The first kappa shape index (κ1) is 13.9. The van der Waals surface area contributed by atoms with Crippen molar-refractivity contribution < 1.29 is 0 Å². The van der Waals surface area contributed by atoms with Crippen molar-refractivity contribution in [2.75, 3.05) is 5.73 Å². The molecule has 0 bridgehead atoms. The van der Waals surface area contributed by atoms with Gasteiger partial charge < -0.3 is 5.73 Å². The zero-order chi connectivity index (χ0) is 14.7. The lowest BCUT2D eigenvalue weighted by Crippen LogP contribution is -2.11. The second-order valence-corrected chi connectivity index (χ2v) is 6.09. The van der Waals surface area contributed by atoms with Crippen molar-refractivity contribution in [3.63, 3.8) is 0 Å². The Bertz CT molecular complexity index is 587. The molecule has 0 atom stereocenters. The fourth-order valence-electron chi connectivity index (χ4n) is 3.31. The monoisotopic (exact) mass is 277 g/mol. The minimum absolute atomic E-state index is 0.724. The number of nitrogens with two attached hydrogens (primary N) is 1. The molecule has 0 aliphatic heterocycles. The highest BCUT2D eigenvalue weighted by atomic mass is 14.5. The molecule has 1 aliphatic rings. The van der Waals surface area contributed by atoms with Gasteiger partial charge >= 0.3 is 0 Å². The Morgan fingerprint density at radius 2 is 1.33 bits per heavy atom. The van der Waals surface area contributed by atoms with Crippen molar-refractivity contribution in [3.8, 4) is 11.1 Å².